The lowest BCUT2D eigenvalue weighted by Crippen LogP contribution is -2.15. The Hall–Kier alpha value is -1.71. The second-order valence-corrected chi connectivity index (χ2v) is 5.76. The average Bonchev–Trinajstić information content (AvgIpc) is 2.53. The van der Waals surface area contributed by atoms with E-state index >= 15 is 0 Å². The van der Waals surface area contributed by atoms with Gasteiger partial charge in [0.05, 0.1) is 6.61 Å². The molecule has 0 aromatic heterocycles. The van der Waals surface area contributed by atoms with E-state index in [4.69, 9.17) is 9.47 Å². The first-order valence-corrected chi connectivity index (χ1v) is 8.77. The summed E-state index contributed by atoms with van der Waals surface area (Å²) in [6.07, 6.45) is 9.53. The molecule has 0 aliphatic carbocycles. The van der Waals surface area contributed by atoms with Gasteiger partial charge in [0, 0.05) is 0 Å². The summed E-state index contributed by atoms with van der Waals surface area (Å²) in [5.41, 5.74) is 0.947. The number of carbonyl (C=O) groups is 1. The van der Waals surface area contributed by atoms with Crippen LogP contribution in [0.4, 0.5) is 0 Å². The van der Waals surface area contributed by atoms with E-state index in [0.29, 0.717) is 12.4 Å². The third-order valence-corrected chi connectivity index (χ3v) is 3.74. The molecule has 0 fully saturated rings. The number of hydrogen-bond donors (Lipinski definition) is 1. The van der Waals surface area contributed by atoms with E-state index in [1.165, 1.54) is 38.5 Å². The van der Waals surface area contributed by atoms with Crippen molar-refractivity contribution < 1.29 is 19.4 Å². The molecule has 0 radical (unpaired) electrons. The van der Waals surface area contributed by atoms with Gasteiger partial charge in [-0.15, -0.1) is 0 Å². The van der Waals surface area contributed by atoms with Crippen LogP contribution in [0, 0.1) is 0 Å². The van der Waals surface area contributed by atoms with Crippen molar-refractivity contribution in [3.05, 3.63) is 23.8 Å². The van der Waals surface area contributed by atoms with Gasteiger partial charge in [-0.3, -0.25) is 0 Å². The molecule has 0 saturated heterocycles. The Morgan fingerprint density at radius 3 is 2.43 bits per heavy atom. The second kappa shape index (κ2) is 11.8. The molecule has 0 amide bonds. The molecule has 0 spiro atoms. The van der Waals surface area contributed by atoms with Crippen LogP contribution in [0.15, 0.2) is 18.2 Å². The predicted octanol–water partition coefficient (Wildman–Crippen LogP) is 4.63. The fourth-order valence-electron chi connectivity index (χ4n) is 2.51. The highest BCUT2D eigenvalue weighted by Gasteiger charge is 2.08. The number of ether oxygens (including phenoxy) is 2. The summed E-state index contributed by atoms with van der Waals surface area (Å²) in [6.45, 7) is 4.25. The minimum absolute atomic E-state index is 0.0946. The Balaban J connectivity index is 2.40. The summed E-state index contributed by atoms with van der Waals surface area (Å²) >= 11 is 0. The molecule has 4 heteroatoms. The number of phenolic OH excluding ortho intramolecular Hbond substituents is 1. The van der Waals surface area contributed by atoms with Gasteiger partial charge in [-0.2, -0.15) is 0 Å². The molecule has 0 saturated carbocycles. The van der Waals surface area contributed by atoms with Crippen molar-refractivity contribution in [2.45, 2.75) is 65.2 Å². The van der Waals surface area contributed by atoms with Gasteiger partial charge in [0.2, 0.25) is 0 Å². The maximum absolute atomic E-state index is 11.4. The van der Waals surface area contributed by atoms with Crippen LogP contribution in [-0.2, 0) is 16.0 Å². The molecule has 23 heavy (non-hydrogen) atoms. The molecule has 0 atom stereocenters. The molecule has 130 valence electrons. The summed E-state index contributed by atoms with van der Waals surface area (Å²) in [6, 6.07) is 5.01. The highest BCUT2D eigenvalue weighted by atomic mass is 16.6. The van der Waals surface area contributed by atoms with Crippen LogP contribution in [-0.4, -0.2) is 24.3 Å². The van der Waals surface area contributed by atoms with Crippen molar-refractivity contribution in [2.75, 3.05) is 13.2 Å². The molecular weight excluding hydrogens is 292 g/mol. The molecule has 1 aromatic rings. The molecular formula is C19H30O4. The van der Waals surface area contributed by atoms with Crippen LogP contribution in [0.5, 0.6) is 11.5 Å². The number of hydrogen-bond acceptors (Lipinski definition) is 4. The number of rotatable bonds is 12. The van der Waals surface area contributed by atoms with Gasteiger partial charge in [-0.1, -0.05) is 45.4 Å². The first-order valence-electron chi connectivity index (χ1n) is 8.77. The molecule has 0 aliphatic rings. The van der Waals surface area contributed by atoms with Crippen LogP contribution in [0.3, 0.4) is 0 Å². The monoisotopic (exact) mass is 322 g/mol. The van der Waals surface area contributed by atoms with Crippen molar-refractivity contribution in [2.24, 2.45) is 0 Å². The van der Waals surface area contributed by atoms with Gasteiger partial charge in [0.15, 0.2) is 6.61 Å². The van der Waals surface area contributed by atoms with Gasteiger partial charge < -0.3 is 14.6 Å². The Morgan fingerprint density at radius 1 is 1.04 bits per heavy atom. The predicted molar refractivity (Wildman–Crippen MR) is 91.9 cm³/mol. The number of carbonyl (C=O) groups excluding carboxylic acids is 1. The smallest absolute Gasteiger partial charge is 0.344 e. The van der Waals surface area contributed by atoms with Crippen LogP contribution < -0.4 is 4.74 Å². The number of aromatic hydroxyl groups is 1. The van der Waals surface area contributed by atoms with E-state index in [1.807, 2.05) is 0 Å². The van der Waals surface area contributed by atoms with Crippen LogP contribution in [0.2, 0.25) is 0 Å². The van der Waals surface area contributed by atoms with Gasteiger partial charge >= 0.3 is 5.97 Å². The largest absolute Gasteiger partial charge is 0.508 e. The topological polar surface area (TPSA) is 55.8 Å². The Morgan fingerprint density at radius 2 is 1.74 bits per heavy atom. The van der Waals surface area contributed by atoms with Crippen LogP contribution in [0.25, 0.3) is 0 Å². The minimum Gasteiger partial charge on any atom is -0.508 e. The lowest BCUT2D eigenvalue weighted by Gasteiger charge is -2.11. The normalized spacial score (nSPS) is 10.5. The SMILES string of the molecule is CCCCCCCCCc1cc(O)ccc1OCC(=O)OCC. The minimum atomic E-state index is -0.373. The van der Waals surface area contributed by atoms with E-state index in [9.17, 15) is 9.90 Å². The fourth-order valence-corrected chi connectivity index (χ4v) is 2.51. The Bertz CT molecular complexity index is 457. The lowest BCUT2D eigenvalue weighted by atomic mass is 10.0. The number of benzene rings is 1. The van der Waals surface area contributed by atoms with Gasteiger partial charge in [-0.05, 0) is 43.5 Å². The van der Waals surface area contributed by atoms with Crippen LogP contribution in [0.1, 0.15) is 64.4 Å². The zero-order chi connectivity index (χ0) is 16.9. The Kier molecular flexibility index (Phi) is 9.92. The van der Waals surface area contributed by atoms with Gasteiger partial charge in [0.25, 0.3) is 0 Å². The van der Waals surface area contributed by atoms with E-state index in [-0.39, 0.29) is 18.3 Å². The maximum atomic E-state index is 11.4. The highest BCUT2D eigenvalue weighted by molar-refractivity contribution is 5.71. The third kappa shape index (κ3) is 8.48. The van der Waals surface area contributed by atoms with Crippen molar-refractivity contribution in [3.8, 4) is 11.5 Å². The molecule has 0 aliphatic heterocycles. The summed E-state index contributed by atoms with van der Waals surface area (Å²) in [7, 11) is 0. The number of aryl methyl sites for hydroxylation is 1. The second-order valence-electron chi connectivity index (χ2n) is 5.76. The van der Waals surface area contributed by atoms with Crippen LogP contribution >= 0.6 is 0 Å². The molecule has 0 bridgehead atoms. The zero-order valence-electron chi connectivity index (χ0n) is 14.5. The first-order chi connectivity index (χ1) is 11.2. The summed E-state index contributed by atoms with van der Waals surface area (Å²) in [5, 5.41) is 9.65. The van der Waals surface area contributed by atoms with E-state index in [0.717, 1.165) is 18.4 Å². The van der Waals surface area contributed by atoms with E-state index < -0.39 is 0 Å². The summed E-state index contributed by atoms with van der Waals surface area (Å²) in [4.78, 5) is 11.4. The third-order valence-electron chi connectivity index (χ3n) is 3.74. The van der Waals surface area contributed by atoms with E-state index in [2.05, 4.69) is 6.92 Å². The van der Waals surface area contributed by atoms with Gasteiger partial charge in [0.1, 0.15) is 11.5 Å². The molecule has 1 aromatic carbocycles. The Labute approximate surface area is 139 Å². The first kappa shape index (κ1) is 19.3. The molecule has 4 nitrogen and oxygen atoms in total. The van der Waals surface area contributed by atoms with Crippen molar-refractivity contribution in [1.82, 2.24) is 0 Å². The van der Waals surface area contributed by atoms with Crippen molar-refractivity contribution in [1.29, 1.82) is 0 Å². The van der Waals surface area contributed by atoms with E-state index in [1.54, 1.807) is 25.1 Å². The number of phenols is 1. The van der Waals surface area contributed by atoms with Gasteiger partial charge in [-0.25, -0.2) is 4.79 Å². The zero-order valence-corrected chi connectivity index (χ0v) is 14.5. The average molecular weight is 322 g/mol. The summed E-state index contributed by atoms with van der Waals surface area (Å²) < 4.78 is 10.4. The number of unbranched alkanes of at least 4 members (excludes halogenated alkanes) is 6. The number of esters is 1. The molecule has 0 unspecified atom stereocenters. The molecule has 1 rings (SSSR count). The standard InChI is InChI=1S/C19H30O4/c1-3-5-6-7-8-9-10-11-16-14-17(20)12-13-18(16)23-15-19(21)22-4-2/h12-14,20H,3-11,15H2,1-2H3. The lowest BCUT2D eigenvalue weighted by molar-refractivity contribution is -0.145. The summed E-state index contributed by atoms with van der Waals surface area (Å²) in [5.74, 6) is 0.510. The molecule has 1 N–H and O–H groups in total. The highest BCUT2D eigenvalue weighted by Crippen LogP contribution is 2.25. The molecule has 0 heterocycles. The maximum Gasteiger partial charge on any atom is 0.344 e. The van der Waals surface area contributed by atoms with Crippen molar-refractivity contribution in [3.63, 3.8) is 0 Å². The fraction of sp³-hybridized carbons (Fsp3) is 0.632. The van der Waals surface area contributed by atoms with Crippen molar-refractivity contribution >= 4 is 5.97 Å². The quantitative estimate of drug-likeness (QED) is 0.450.